The summed E-state index contributed by atoms with van der Waals surface area (Å²) in [6, 6.07) is 0.624. The molecule has 3 rings (SSSR count). The monoisotopic (exact) mass is 203 g/mol. The van der Waals surface area contributed by atoms with Crippen LogP contribution in [0.15, 0.2) is 0 Å². The molecule has 0 saturated heterocycles. The zero-order chi connectivity index (χ0) is 10.4. The van der Waals surface area contributed by atoms with Gasteiger partial charge >= 0.3 is 0 Å². The quantitative estimate of drug-likeness (QED) is 0.691. The molecule has 0 heterocycles. The van der Waals surface area contributed by atoms with Crippen molar-refractivity contribution in [3.05, 3.63) is 0 Å². The molecule has 1 N–H and O–H groups in total. The van der Waals surface area contributed by atoms with Crippen molar-refractivity contribution in [1.29, 1.82) is 0 Å². The Kier molecular flexibility index (Phi) is 2.29. The van der Waals surface area contributed by atoms with Crippen LogP contribution in [0.3, 0.4) is 0 Å². The lowest BCUT2D eigenvalue weighted by Crippen LogP contribution is -2.32. The molecule has 0 aliphatic heterocycles. The average Bonchev–Trinajstić information content (AvgIpc) is 2.66. The fourth-order valence-electron chi connectivity index (χ4n) is 4.66. The van der Waals surface area contributed by atoms with Gasteiger partial charge in [0.1, 0.15) is 0 Å². The summed E-state index contributed by atoms with van der Waals surface area (Å²) < 4.78 is 0. The van der Waals surface area contributed by atoms with E-state index in [4.69, 9.17) is 6.42 Å². The van der Waals surface area contributed by atoms with Gasteiger partial charge in [0.15, 0.2) is 0 Å². The molecule has 0 aromatic carbocycles. The van der Waals surface area contributed by atoms with Crippen LogP contribution in [0.1, 0.15) is 32.6 Å². The second-order valence-corrected chi connectivity index (χ2v) is 5.64. The molecule has 3 aliphatic carbocycles. The van der Waals surface area contributed by atoms with E-state index in [1.807, 2.05) is 0 Å². The zero-order valence-electron chi connectivity index (χ0n) is 9.58. The first-order valence-electron chi connectivity index (χ1n) is 6.53. The Hall–Kier alpha value is -0.480. The third kappa shape index (κ3) is 1.35. The van der Waals surface area contributed by atoms with Crippen LogP contribution in [0.2, 0.25) is 0 Å². The lowest BCUT2D eigenvalue weighted by molar-refractivity contribution is 0.371. The summed E-state index contributed by atoms with van der Waals surface area (Å²) >= 11 is 0. The number of rotatable bonds is 4. The van der Waals surface area contributed by atoms with Crippen molar-refractivity contribution >= 4 is 0 Å². The van der Waals surface area contributed by atoms with E-state index in [1.54, 1.807) is 6.42 Å². The SMILES string of the molecule is C#CCC(NCC)C1C2C3CCC(C3)C21. The van der Waals surface area contributed by atoms with E-state index in [2.05, 4.69) is 18.2 Å². The minimum Gasteiger partial charge on any atom is -0.313 e. The summed E-state index contributed by atoms with van der Waals surface area (Å²) in [6.07, 6.45) is 11.0. The van der Waals surface area contributed by atoms with E-state index in [-0.39, 0.29) is 0 Å². The van der Waals surface area contributed by atoms with Gasteiger partial charge in [-0.2, -0.15) is 0 Å². The van der Waals surface area contributed by atoms with Gasteiger partial charge in [0.25, 0.3) is 0 Å². The van der Waals surface area contributed by atoms with Gasteiger partial charge in [-0.05, 0) is 55.4 Å². The second kappa shape index (κ2) is 3.52. The van der Waals surface area contributed by atoms with Crippen molar-refractivity contribution in [3.8, 4) is 12.3 Å². The minimum atomic E-state index is 0.624. The highest BCUT2D eigenvalue weighted by Gasteiger charge is 2.66. The normalized spacial score (nSPS) is 47.3. The standard InChI is InChI=1S/C14H21N/c1-3-5-11(15-4-2)14-12-9-6-7-10(8-9)13(12)14/h1,9-15H,4-8H2,2H3. The van der Waals surface area contributed by atoms with Crippen molar-refractivity contribution in [2.45, 2.75) is 38.6 Å². The van der Waals surface area contributed by atoms with Crippen LogP contribution < -0.4 is 5.32 Å². The highest BCUT2D eigenvalue weighted by atomic mass is 14.9. The van der Waals surface area contributed by atoms with Crippen molar-refractivity contribution in [1.82, 2.24) is 5.32 Å². The molecule has 0 radical (unpaired) electrons. The summed E-state index contributed by atoms with van der Waals surface area (Å²) in [4.78, 5) is 0. The number of terminal acetylenes is 1. The highest BCUT2D eigenvalue weighted by molar-refractivity contribution is 5.16. The van der Waals surface area contributed by atoms with Gasteiger partial charge in [0.05, 0.1) is 0 Å². The molecule has 2 bridgehead atoms. The van der Waals surface area contributed by atoms with Crippen LogP contribution in [0.4, 0.5) is 0 Å². The Labute approximate surface area is 93.0 Å². The molecular formula is C14H21N. The smallest absolute Gasteiger partial charge is 0.0243 e. The van der Waals surface area contributed by atoms with Gasteiger partial charge in [-0.25, -0.2) is 0 Å². The Morgan fingerprint density at radius 1 is 1.33 bits per heavy atom. The first-order chi connectivity index (χ1) is 7.36. The molecule has 3 fully saturated rings. The van der Waals surface area contributed by atoms with Gasteiger partial charge in [-0.15, -0.1) is 12.3 Å². The first kappa shape index (κ1) is 9.73. The van der Waals surface area contributed by atoms with Crippen LogP contribution in [0.5, 0.6) is 0 Å². The van der Waals surface area contributed by atoms with E-state index >= 15 is 0 Å². The van der Waals surface area contributed by atoms with Gasteiger partial charge in [0.2, 0.25) is 0 Å². The predicted octanol–water partition coefficient (Wildman–Crippen LogP) is 2.28. The molecule has 15 heavy (non-hydrogen) atoms. The first-order valence-corrected chi connectivity index (χ1v) is 6.53. The number of fused-ring (bicyclic) bond motifs is 5. The van der Waals surface area contributed by atoms with Gasteiger partial charge in [0, 0.05) is 12.5 Å². The van der Waals surface area contributed by atoms with Crippen molar-refractivity contribution in [2.75, 3.05) is 6.54 Å². The van der Waals surface area contributed by atoms with E-state index in [9.17, 15) is 0 Å². The Balaban J connectivity index is 1.67. The molecule has 1 nitrogen and oxygen atoms in total. The van der Waals surface area contributed by atoms with Crippen LogP contribution in [-0.4, -0.2) is 12.6 Å². The van der Waals surface area contributed by atoms with Crippen LogP contribution >= 0.6 is 0 Å². The van der Waals surface area contributed by atoms with Gasteiger partial charge in [-0.3, -0.25) is 0 Å². The highest BCUT2D eigenvalue weighted by Crippen LogP contribution is 2.70. The molecule has 0 aromatic rings. The lowest BCUT2D eigenvalue weighted by atomic mass is 9.96. The summed E-state index contributed by atoms with van der Waals surface area (Å²) in [6.45, 7) is 3.26. The van der Waals surface area contributed by atoms with Crippen molar-refractivity contribution in [2.24, 2.45) is 29.6 Å². The number of nitrogens with one attached hydrogen (secondary N) is 1. The molecule has 1 heteroatoms. The summed E-state index contributed by atoms with van der Waals surface area (Å²) in [5.41, 5.74) is 0. The van der Waals surface area contributed by atoms with Crippen LogP contribution in [0.25, 0.3) is 0 Å². The Morgan fingerprint density at radius 3 is 2.53 bits per heavy atom. The number of hydrogen-bond acceptors (Lipinski definition) is 1. The fraction of sp³-hybridized carbons (Fsp3) is 0.857. The van der Waals surface area contributed by atoms with Crippen LogP contribution in [0, 0.1) is 41.9 Å². The summed E-state index contributed by atoms with van der Waals surface area (Å²) in [7, 11) is 0. The van der Waals surface area contributed by atoms with Gasteiger partial charge in [-0.1, -0.05) is 6.92 Å². The zero-order valence-corrected chi connectivity index (χ0v) is 9.58. The topological polar surface area (TPSA) is 12.0 Å². The van der Waals surface area contributed by atoms with Crippen molar-refractivity contribution in [3.63, 3.8) is 0 Å². The predicted molar refractivity (Wildman–Crippen MR) is 62.2 cm³/mol. The Morgan fingerprint density at radius 2 is 2.00 bits per heavy atom. The molecule has 0 aromatic heterocycles. The third-order valence-electron chi connectivity index (χ3n) is 5.06. The molecule has 0 amide bonds. The summed E-state index contributed by atoms with van der Waals surface area (Å²) in [5, 5.41) is 3.60. The molecule has 3 aliphatic rings. The largest absolute Gasteiger partial charge is 0.313 e. The molecule has 5 atom stereocenters. The number of hydrogen-bond donors (Lipinski definition) is 1. The van der Waals surface area contributed by atoms with Crippen molar-refractivity contribution < 1.29 is 0 Å². The average molecular weight is 203 g/mol. The van der Waals surface area contributed by atoms with Gasteiger partial charge < -0.3 is 5.32 Å². The molecule has 5 unspecified atom stereocenters. The van der Waals surface area contributed by atoms with E-state index in [0.717, 1.165) is 42.6 Å². The fourth-order valence-corrected chi connectivity index (χ4v) is 4.66. The maximum atomic E-state index is 5.47. The molecule has 82 valence electrons. The maximum absolute atomic E-state index is 5.47. The van der Waals surface area contributed by atoms with Crippen LogP contribution in [-0.2, 0) is 0 Å². The minimum absolute atomic E-state index is 0.624. The summed E-state index contributed by atoms with van der Waals surface area (Å²) in [5.74, 6) is 8.05. The molecule has 3 saturated carbocycles. The van der Waals surface area contributed by atoms with E-state index in [0.29, 0.717) is 6.04 Å². The van der Waals surface area contributed by atoms with E-state index in [1.165, 1.54) is 12.8 Å². The maximum Gasteiger partial charge on any atom is 0.0243 e. The lowest BCUT2D eigenvalue weighted by Gasteiger charge is -2.19. The third-order valence-corrected chi connectivity index (χ3v) is 5.06. The van der Waals surface area contributed by atoms with E-state index < -0.39 is 0 Å². The second-order valence-electron chi connectivity index (χ2n) is 5.64. The molecule has 0 spiro atoms. The Bertz CT molecular complexity index is 274. The molecular weight excluding hydrogens is 182 g/mol.